The Labute approximate surface area is 265 Å². The van der Waals surface area contributed by atoms with Gasteiger partial charge in [-0.3, -0.25) is 9.97 Å². The predicted octanol–water partition coefficient (Wildman–Crippen LogP) is 7.26. The summed E-state index contributed by atoms with van der Waals surface area (Å²) in [4.78, 5) is 8.48. The van der Waals surface area contributed by atoms with Crippen LogP contribution in [0.25, 0.3) is 34.2 Å². The standard InChI is InChI=1S/2C13H10N4.2BF4.Pd/c2*1-2-6-11(7-3-1)17-10-13(15-16-17)12-8-4-5-9-14-12;2*2-1(3,4)5;/h2*1-10H;;;/q;;2*-1;+2. The molecule has 0 bridgehead atoms. The molecule has 0 aliphatic rings. The molecule has 0 spiro atoms. The van der Waals surface area contributed by atoms with Gasteiger partial charge in [-0.15, -0.1) is 10.2 Å². The first-order valence-electron chi connectivity index (χ1n) is 12.4. The summed E-state index contributed by atoms with van der Waals surface area (Å²) in [5.74, 6) is 0. The second kappa shape index (κ2) is 17.5. The minimum absolute atomic E-state index is 0. The van der Waals surface area contributed by atoms with E-state index in [2.05, 4.69) is 30.6 Å². The maximum absolute atomic E-state index is 9.75. The van der Waals surface area contributed by atoms with Crippen LogP contribution in [0.4, 0.5) is 34.5 Å². The van der Waals surface area contributed by atoms with E-state index in [0.29, 0.717) is 0 Å². The summed E-state index contributed by atoms with van der Waals surface area (Å²) in [7, 11) is -12.0. The number of nitrogens with zero attached hydrogens (tertiary/aromatic N) is 8. The van der Waals surface area contributed by atoms with Crippen LogP contribution >= 0.6 is 0 Å². The van der Waals surface area contributed by atoms with Gasteiger partial charge in [0.15, 0.2) is 0 Å². The molecule has 45 heavy (non-hydrogen) atoms. The molecule has 0 radical (unpaired) electrons. The molecule has 0 saturated carbocycles. The van der Waals surface area contributed by atoms with E-state index in [1.807, 2.05) is 109 Å². The van der Waals surface area contributed by atoms with Gasteiger partial charge in [0, 0.05) is 12.4 Å². The van der Waals surface area contributed by atoms with Gasteiger partial charge < -0.3 is 34.5 Å². The zero-order valence-corrected chi connectivity index (χ0v) is 24.2. The van der Waals surface area contributed by atoms with Crippen molar-refractivity contribution in [2.45, 2.75) is 0 Å². The van der Waals surface area contributed by atoms with Gasteiger partial charge in [0.25, 0.3) is 0 Å². The fraction of sp³-hybridized carbons (Fsp3) is 0. The molecule has 4 heterocycles. The molecule has 0 fully saturated rings. The van der Waals surface area contributed by atoms with Crippen molar-refractivity contribution in [1.29, 1.82) is 0 Å². The van der Waals surface area contributed by atoms with Crippen molar-refractivity contribution in [3.8, 4) is 34.2 Å². The van der Waals surface area contributed by atoms with Crippen LogP contribution in [0.2, 0.25) is 0 Å². The first kappa shape index (κ1) is 36.4. The molecule has 4 aromatic heterocycles. The SMILES string of the molecule is F[B-](F)(F)F.F[B-](F)(F)F.[Pd+2].c1ccc(-n2cc(-c3ccccn3)nn2)cc1.c1ccc(-n2cc(-c3ccccn3)nn2)cc1. The largest absolute Gasteiger partial charge is 2.00 e. The van der Waals surface area contributed by atoms with Crippen molar-refractivity contribution in [2.24, 2.45) is 0 Å². The van der Waals surface area contributed by atoms with Crippen molar-refractivity contribution in [3.05, 3.63) is 122 Å². The van der Waals surface area contributed by atoms with Gasteiger partial charge in [0.05, 0.1) is 35.2 Å². The first-order chi connectivity index (χ1) is 20.9. The van der Waals surface area contributed by atoms with E-state index in [1.54, 1.807) is 21.8 Å². The van der Waals surface area contributed by atoms with Gasteiger partial charge in [0.2, 0.25) is 0 Å². The molecule has 0 amide bonds. The minimum Gasteiger partial charge on any atom is -0.418 e. The van der Waals surface area contributed by atoms with Crippen LogP contribution in [0.5, 0.6) is 0 Å². The van der Waals surface area contributed by atoms with Crippen LogP contribution in [-0.2, 0) is 20.4 Å². The fourth-order valence-electron chi connectivity index (χ4n) is 3.20. The topological polar surface area (TPSA) is 87.2 Å². The summed E-state index contributed by atoms with van der Waals surface area (Å²) in [5, 5.41) is 16.4. The monoisotopic (exact) mass is 724 g/mol. The maximum Gasteiger partial charge on any atom is 2.00 e. The summed E-state index contributed by atoms with van der Waals surface area (Å²) in [6.45, 7) is 0. The third kappa shape index (κ3) is 14.5. The molecule has 0 N–H and O–H groups in total. The summed E-state index contributed by atoms with van der Waals surface area (Å²) >= 11 is 0. The molecule has 0 atom stereocenters. The van der Waals surface area contributed by atoms with Crippen LogP contribution in [0.1, 0.15) is 0 Å². The number of rotatable bonds is 4. The summed E-state index contributed by atoms with van der Waals surface area (Å²) < 4.78 is 81.5. The van der Waals surface area contributed by atoms with Crippen LogP contribution in [0.15, 0.2) is 122 Å². The molecule has 8 nitrogen and oxygen atoms in total. The van der Waals surface area contributed by atoms with Crippen LogP contribution in [-0.4, -0.2) is 54.5 Å². The van der Waals surface area contributed by atoms with Crippen molar-refractivity contribution >= 4 is 14.5 Å². The molecular weight excluding hydrogens is 704 g/mol. The van der Waals surface area contributed by atoms with Crippen LogP contribution in [0.3, 0.4) is 0 Å². The zero-order valence-electron chi connectivity index (χ0n) is 22.6. The van der Waals surface area contributed by atoms with E-state index in [4.69, 9.17) is 0 Å². The number of benzene rings is 2. The molecule has 0 unspecified atom stereocenters. The molecule has 0 saturated heterocycles. The van der Waals surface area contributed by atoms with Gasteiger partial charge in [-0.25, -0.2) is 9.36 Å². The average Bonchev–Trinajstić information content (AvgIpc) is 3.69. The number of aromatic nitrogens is 8. The van der Waals surface area contributed by atoms with Crippen molar-refractivity contribution in [3.63, 3.8) is 0 Å². The minimum atomic E-state index is -6.00. The Morgan fingerprint density at radius 3 is 1.02 bits per heavy atom. The zero-order chi connectivity index (χ0) is 32.0. The van der Waals surface area contributed by atoms with Gasteiger partial charge in [-0.1, -0.05) is 59.0 Å². The Morgan fingerprint density at radius 1 is 0.422 bits per heavy atom. The first-order valence-corrected chi connectivity index (χ1v) is 12.4. The normalized spacial score (nSPS) is 10.5. The van der Waals surface area contributed by atoms with Gasteiger partial charge in [0.1, 0.15) is 11.4 Å². The van der Waals surface area contributed by atoms with E-state index >= 15 is 0 Å². The molecule has 6 rings (SSSR count). The van der Waals surface area contributed by atoms with Crippen LogP contribution < -0.4 is 0 Å². The Balaban J connectivity index is 0.000000239. The third-order valence-corrected chi connectivity index (χ3v) is 4.88. The van der Waals surface area contributed by atoms with Crippen molar-refractivity contribution < 1.29 is 54.9 Å². The number of pyridine rings is 2. The summed E-state index contributed by atoms with van der Waals surface area (Å²) in [6.07, 6.45) is 7.24. The quantitative estimate of drug-likeness (QED) is 0.141. The van der Waals surface area contributed by atoms with Crippen LogP contribution in [0, 0.1) is 0 Å². The van der Waals surface area contributed by atoms with Crippen molar-refractivity contribution in [2.75, 3.05) is 0 Å². The molecular formula is C26H20B2F8N8Pd. The third-order valence-electron chi connectivity index (χ3n) is 4.88. The molecule has 236 valence electrons. The number of para-hydroxylation sites is 2. The van der Waals surface area contributed by atoms with Gasteiger partial charge in [-0.2, -0.15) is 0 Å². The van der Waals surface area contributed by atoms with E-state index in [0.717, 1.165) is 34.2 Å². The summed E-state index contributed by atoms with van der Waals surface area (Å²) in [6, 6.07) is 31.2. The average molecular weight is 725 g/mol. The summed E-state index contributed by atoms with van der Waals surface area (Å²) in [5.41, 5.74) is 5.18. The van der Waals surface area contributed by atoms with E-state index in [9.17, 15) is 34.5 Å². The molecule has 2 aromatic carbocycles. The van der Waals surface area contributed by atoms with Gasteiger partial charge >= 0.3 is 34.9 Å². The smallest absolute Gasteiger partial charge is 0.418 e. The molecule has 6 aromatic rings. The molecule has 19 heteroatoms. The van der Waals surface area contributed by atoms with E-state index in [1.165, 1.54) is 0 Å². The Morgan fingerprint density at radius 2 is 0.733 bits per heavy atom. The van der Waals surface area contributed by atoms with E-state index in [-0.39, 0.29) is 20.4 Å². The Kier molecular flexibility index (Phi) is 14.2. The van der Waals surface area contributed by atoms with Gasteiger partial charge in [-0.05, 0) is 48.5 Å². The number of hydrogen-bond acceptors (Lipinski definition) is 6. The second-order valence-corrected chi connectivity index (χ2v) is 8.19. The fourth-order valence-corrected chi connectivity index (χ4v) is 3.20. The predicted molar refractivity (Wildman–Crippen MR) is 150 cm³/mol. The Bertz CT molecular complexity index is 1410. The number of halogens is 8. The maximum atomic E-state index is 9.75. The molecule has 0 aliphatic carbocycles. The van der Waals surface area contributed by atoms with Crippen molar-refractivity contribution in [1.82, 2.24) is 40.0 Å². The second-order valence-electron chi connectivity index (χ2n) is 8.19. The molecule has 0 aliphatic heterocycles. The Hall–Kier alpha value is -4.75. The number of hydrogen-bond donors (Lipinski definition) is 0. The van der Waals surface area contributed by atoms with E-state index < -0.39 is 14.5 Å².